The van der Waals surface area contributed by atoms with Crippen molar-refractivity contribution in [3.8, 4) is 16.6 Å². The lowest BCUT2D eigenvalue weighted by molar-refractivity contribution is 1.34. The van der Waals surface area contributed by atoms with Crippen LogP contribution in [0.3, 0.4) is 0 Å². The highest BCUT2D eigenvalue weighted by atomic mass is 35.5. The minimum Gasteiger partial charge on any atom is -0.223 e. The lowest BCUT2D eigenvalue weighted by atomic mass is 10.1. The second-order valence-electron chi connectivity index (χ2n) is 3.57. The number of nitrogens with zero attached hydrogens (tertiary/aromatic N) is 2. The van der Waals surface area contributed by atoms with Gasteiger partial charge >= 0.3 is 0 Å². The first-order valence-electron chi connectivity index (χ1n) is 4.76. The Morgan fingerprint density at radius 2 is 2.12 bits per heavy atom. The van der Waals surface area contributed by atoms with Gasteiger partial charge in [0.1, 0.15) is 16.0 Å². The van der Waals surface area contributed by atoms with Crippen LogP contribution in [0.1, 0.15) is 16.0 Å². The third kappa shape index (κ3) is 1.95. The van der Waals surface area contributed by atoms with Gasteiger partial charge in [0.15, 0.2) is 5.15 Å². The highest BCUT2D eigenvalue weighted by Gasteiger charge is 2.12. The zero-order valence-electron chi connectivity index (χ0n) is 8.91. The summed E-state index contributed by atoms with van der Waals surface area (Å²) in [4.78, 5) is 4.69. The van der Waals surface area contributed by atoms with E-state index in [0.29, 0.717) is 10.0 Å². The highest BCUT2D eigenvalue weighted by molar-refractivity contribution is 7.16. The third-order valence-corrected chi connectivity index (χ3v) is 3.69. The molecule has 0 spiro atoms. The molecule has 0 saturated carbocycles. The first kappa shape index (κ1) is 11.1. The largest absolute Gasteiger partial charge is 0.223 e. The third-order valence-electron chi connectivity index (χ3n) is 2.31. The molecule has 0 aliphatic rings. The quantitative estimate of drug-likeness (QED) is 0.766. The molecule has 2 rings (SSSR count). The minimum atomic E-state index is 0.295. The normalized spacial score (nSPS) is 10.1. The smallest absolute Gasteiger partial charge is 0.158 e. The molecule has 0 saturated heterocycles. The van der Waals surface area contributed by atoms with Crippen molar-refractivity contribution in [2.24, 2.45) is 0 Å². The topological polar surface area (TPSA) is 36.7 Å². The molecular formula is C12H9ClN2S. The molecule has 0 amide bonds. The highest BCUT2D eigenvalue weighted by Crippen LogP contribution is 2.32. The molecule has 1 aromatic carbocycles. The average Bonchev–Trinajstić information content (AvgIpc) is 2.63. The van der Waals surface area contributed by atoms with Crippen LogP contribution in [0.5, 0.6) is 0 Å². The van der Waals surface area contributed by atoms with Crippen LogP contribution in [0.2, 0.25) is 5.15 Å². The molecule has 2 aromatic rings. The Hall–Kier alpha value is -1.37. The molecule has 1 heterocycles. The predicted octanol–water partition coefficient (Wildman–Crippen LogP) is 3.95. The Morgan fingerprint density at radius 3 is 2.75 bits per heavy atom. The maximum atomic E-state index is 8.84. The summed E-state index contributed by atoms with van der Waals surface area (Å²) in [6.07, 6.45) is 0. The molecule has 0 radical (unpaired) electrons. The molecule has 0 unspecified atom stereocenters. The van der Waals surface area contributed by atoms with Crippen molar-refractivity contribution in [3.63, 3.8) is 0 Å². The zero-order chi connectivity index (χ0) is 11.7. The van der Waals surface area contributed by atoms with Gasteiger partial charge in [-0.15, -0.1) is 11.3 Å². The molecule has 0 aliphatic carbocycles. The summed E-state index contributed by atoms with van der Waals surface area (Å²) in [5.41, 5.74) is 3.36. The summed E-state index contributed by atoms with van der Waals surface area (Å²) < 4.78 is 0. The predicted molar refractivity (Wildman–Crippen MR) is 66.7 cm³/mol. The number of aromatic nitrogens is 1. The fourth-order valence-electron chi connectivity index (χ4n) is 1.45. The van der Waals surface area contributed by atoms with Gasteiger partial charge in [-0.3, -0.25) is 0 Å². The van der Waals surface area contributed by atoms with E-state index in [9.17, 15) is 0 Å². The van der Waals surface area contributed by atoms with Crippen molar-refractivity contribution < 1.29 is 0 Å². The molecule has 0 N–H and O–H groups in total. The molecule has 4 heteroatoms. The van der Waals surface area contributed by atoms with E-state index in [1.807, 2.05) is 26.0 Å². The zero-order valence-corrected chi connectivity index (χ0v) is 10.5. The van der Waals surface area contributed by atoms with E-state index in [1.165, 1.54) is 16.9 Å². The Balaban J connectivity index is 2.59. The fourth-order valence-corrected chi connectivity index (χ4v) is 2.58. The number of halogens is 1. The van der Waals surface area contributed by atoms with Crippen molar-refractivity contribution in [3.05, 3.63) is 39.4 Å². The number of nitriles is 1. The van der Waals surface area contributed by atoms with Crippen molar-refractivity contribution in [2.45, 2.75) is 13.8 Å². The van der Waals surface area contributed by atoms with Crippen LogP contribution in [0, 0.1) is 25.2 Å². The Labute approximate surface area is 103 Å². The lowest BCUT2D eigenvalue weighted by Crippen LogP contribution is -1.83. The van der Waals surface area contributed by atoms with E-state index in [0.717, 1.165) is 16.1 Å². The monoisotopic (exact) mass is 248 g/mol. The number of rotatable bonds is 1. The van der Waals surface area contributed by atoms with Gasteiger partial charge in [-0.05, 0) is 25.5 Å². The second-order valence-corrected chi connectivity index (χ2v) is 4.93. The maximum absolute atomic E-state index is 8.84. The maximum Gasteiger partial charge on any atom is 0.158 e. The van der Waals surface area contributed by atoms with Crippen LogP contribution in [0.25, 0.3) is 10.6 Å². The van der Waals surface area contributed by atoms with E-state index in [2.05, 4.69) is 17.1 Å². The van der Waals surface area contributed by atoms with Gasteiger partial charge in [0.05, 0.1) is 0 Å². The molecule has 16 heavy (non-hydrogen) atoms. The molecular weight excluding hydrogens is 240 g/mol. The summed E-state index contributed by atoms with van der Waals surface area (Å²) in [6, 6.07) is 8.21. The molecule has 2 nitrogen and oxygen atoms in total. The van der Waals surface area contributed by atoms with E-state index in [-0.39, 0.29) is 0 Å². The standard InChI is InChI=1S/C12H9ClN2S/c1-7-3-4-8(2)9(5-7)12-15-11(13)10(6-14)16-12/h3-5H,1-2H3. The number of aryl methyl sites for hydroxylation is 2. The first-order valence-corrected chi connectivity index (χ1v) is 5.95. The summed E-state index contributed by atoms with van der Waals surface area (Å²) in [5, 5.41) is 9.94. The summed E-state index contributed by atoms with van der Waals surface area (Å²) in [6.45, 7) is 4.06. The summed E-state index contributed by atoms with van der Waals surface area (Å²) >= 11 is 7.20. The number of benzene rings is 1. The van der Waals surface area contributed by atoms with Crippen LogP contribution >= 0.6 is 22.9 Å². The van der Waals surface area contributed by atoms with Crippen molar-refractivity contribution in [1.82, 2.24) is 4.98 Å². The van der Waals surface area contributed by atoms with Gasteiger partial charge in [0, 0.05) is 5.56 Å². The van der Waals surface area contributed by atoms with E-state index in [4.69, 9.17) is 16.9 Å². The Morgan fingerprint density at radius 1 is 1.38 bits per heavy atom. The van der Waals surface area contributed by atoms with Gasteiger partial charge in [-0.25, -0.2) is 4.98 Å². The van der Waals surface area contributed by atoms with Gasteiger partial charge in [-0.1, -0.05) is 29.3 Å². The number of thiazole rings is 1. The van der Waals surface area contributed by atoms with Crippen LogP contribution in [0.15, 0.2) is 18.2 Å². The van der Waals surface area contributed by atoms with Gasteiger partial charge in [0.25, 0.3) is 0 Å². The van der Waals surface area contributed by atoms with Gasteiger partial charge in [-0.2, -0.15) is 5.26 Å². The molecule has 80 valence electrons. The van der Waals surface area contributed by atoms with Crippen molar-refractivity contribution >= 4 is 22.9 Å². The van der Waals surface area contributed by atoms with Crippen LogP contribution in [-0.2, 0) is 0 Å². The first-order chi connectivity index (χ1) is 7.61. The molecule has 0 atom stereocenters. The van der Waals surface area contributed by atoms with Crippen molar-refractivity contribution in [2.75, 3.05) is 0 Å². The fraction of sp³-hybridized carbons (Fsp3) is 0.167. The van der Waals surface area contributed by atoms with E-state index in [1.54, 1.807) is 0 Å². The number of hydrogen-bond acceptors (Lipinski definition) is 3. The van der Waals surface area contributed by atoms with Gasteiger partial charge in [0.2, 0.25) is 0 Å². The minimum absolute atomic E-state index is 0.295. The molecule has 0 aliphatic heterocycles. The number of hydrogen-bond donors (Lipinski definition) is 0. The summed E-state index contributed by atoms with van der Waals surface area (Å²) in [7, 11) is 0. The Kier molecular flexibility index (Phi) is 2.95. The summed E-state index contributed by atoms with van der Waals surface area (Å²) in [5.74, 6) is 0. The molecule has 0 fully saturated rings. The van der Waals surface area contributed by atoms with Crippen molar-refractivity contribution in [1.29, 1.82) is 5.26 Å². The van der Waals surface area contributed by atoms with Crippen LogP contribution in [-0.4, -0.2) is 4.98 Å². The molecule has 1 aromatic heterocycles. The Bertz CT molecular complexity index is 581. The lowest BCUT2D eigenvalue weighted by Gasteiger charge is -2.02. The van der Waals surface area contributed by atoms with Crippen LogP contribution < -0.4 is 0 Å². The SMILES string of the molecule is Cc1ccc(C)c(-c2nc(Cl)c(C#N)s2)c1. The van der Waals surface area contributed by atoms with E-state index >= 15 is 0 Å². The molecule has 0 bridgehead atoms. The van der Waals surface area contributed by atoms with Gasteiger partial charge < -0.3 is 0 Å². The second kappa shape index (κ2) is 4.25. The van der Waals surface area contributed by atoms with Crippen LogP contribution in [0.4, 0.5) is 0 Å². The average molecular weight is 249 g/mol. The van der Waals surface area contributed by atoms with E-state index < -0.39 is 0 Å².